The van der Waals surface area contributed by atoms with Gasteiger partial charge in [-0.1, -0.05) is 0 Å². The van der Waals surface area contributed by atoms with Gasteiger partial charge in [0.2, 0.25) is 0 Å². The number of benzene rings is 1. The zero-order valence-corrected chi connectivity index (χ0v) is 9.84. The van der Waals surface area contributed by atoms with Crippen LogP contribution in [0.1, 0.15) is 16.1 Å². The monoisotopic (exact) mass is 264 g/mol. The third-order valence-corrected chi connectivity index (χ3v) is 2.51. The quantitative estimate of drug-likeness (QED) is 0.682. The van der Waals surface area contributed by atoms with E-state index in [9.17, 15) is 19.3 Å². The molecule has 1 aromatic carbocycles. The number of rotatable bonds is 3. The van der Waals surface area contributed by atoms with Crippen molar-refractivity contribution in [3.05, 3.63) is 57.8 Å². The molecule has 0 saturated heterocycles. The van der Waals surface area contributed by atoms with Gasteiger partial charge in [-0.2, -0.15) is 0 Å². The fraction of sp³-hybridized carbons (Fsp3) is 0.0833. The molecule has 1 amide bonds. The van der Waals surface area contributed by atoms with E-state index in [0.29, 0.717) is 5.76 Å². The first-order valence-electron chi connectivity index (χ1n) is 5.28. The van der Waals surface area contributed by atoms with Crippen molar-refractivity contribution in [2.45, 2.75) is 6.92 Å². The van der Waals surface area contributed by atoms with Crippen molar-refractivity contribution >= 4 is 17.3 Å². The molecule has 19 heavy (non-hydrogen) atoms. The van der Waals surface area contributed by atoms with Crippen molar-refractivity contribution in [1.82, 2.24) is 0 Å². The Hall–Kier alpha value is -2.70. The summed E-state index contributed by atoms with van der Waals surface area (Å²) in [6.45, 7) is 1.58. The first kappa shape index (κ1) is 12.7. The smallest absolute Gasteiger partial charge is 0.271 e. The molecule has 0 aliphatic heterocycles. The van der Waals surface area contributed by atoms with E-state index < -0.39 is 16.6 Å². The summed E-state index contributed by atoms with van der Waals surface area (Å²) < 4.78 is 18.4. The minimum atomic E-state index is -0.750. The lowest BCUT2D eigenvalue weighted by molar-refractivity contribution is -0.384. The zero-order valence-electron chi connectivity index (χ0n) is 9.84. The predicted molar refractivity (Wildman–Crippen MR) is 64.5 cm³/mol. The second-order valence-corrected chi connectivity index (χ2v) is 3.77. The number of non-ortho nitro benzene ring substituents is 1. The van der Waals surface area contributed by atoms with Crippen LogP contribution in [-0.2, 0) is 0 Å². The number of furan rings is 1. The number of carbonyl (C=O) groups is 1. The summed E-state index contributed by atoms with van der Waals surface area (Å²) in [6.07, 6.45) is 1.33. The zero-order chi connectivity index (χ0) is 14.0. The topological polar surface area (TPSA) is 85.4 Å². The fourth-order valence-corrected chi connectivity index (χ4v) is 1.53. The van der Waals surface area contributed by atoms with Crippen LogP contribution in [-0.4, -0.2) is 10.8 Å². The number of anilines is 1. The molecular weight excluding hydrogens is 255 g/mol. The van der Waals surface area contributed by atoms with Crippen LogP contribution >= 0.6 is 0 Å². The van der Waals surface area contributed by atoms with Gasteiger partial charge in [-0.05, 0) is 19.1 Å². The Morgan fingerprint density at radius 3 is 2.74 bits per heavy atom. The Labute approximate surface area is 107 Å². The average Bonchev–Trinajstić information content (AvgIpc) is 2.78. The molecule has 0 saturated carbocycles. The van der Waals surface area contributed by atoms with E-state index in [1.54, 1.807) is 6.92 Å². The highest BCUT2D eigenvalue weighted by Gasteiger charge is 2.16. The first-order valence-corrected chi connectivity index (χ1v) is 5.28. The summed E-state index contributed by atoms with van der Waals surface area (Å²) >= 11 is 0. The molecule has 0 radical (unpaired) electrons. The van der Waals surface area contributed by atoms with Crippen molar-refractivity contribution in [3.8, 4) is 0 Å². The molecule has 0 aliphatic carbocycles. The van der Waals surface area contributed by atoms with Crippen molar-refractivity contribution in [3.63, 3.8) is 0 Å². The van der Waals surface area contributed by atoms with E-state index in [1.807, 2.05) is 0 Å². The second-order valence-electron chi connectivity index (χ2n) is 3.77. The normalized spacial score (nSPS) is 10.2. The van der Waals surface area contributed by atoms with E-state index in [4.69, 9.17) is 4.42 Å². The van der Waals surface area contributed by atoms with Crippen molar-refractivity contribution in [1.29, 1.82) is 0 Å². The molecule has 0 aliphatic rings. The summed E-state index contributed by atoms with van der Waals surface area (Å²) in [5.41, 5.74) is -0.314. The highest BCUT2D eigenvalue weighted by atomic mass is 19.1. The van der Waals surface area contributed by atoms with Crippen LogP contribution in [0.2, 0.25) is 0 Å². The van der Waals surface area contributed by atoms with E-state index in [2.05, 4.69) is 5.32 Å². The number of carbonyl (C=O) groups excluding carboxylic acids is 1. The molecule has 1 N–H and O–H groups in total. The third-order valence-electron chi connectivity index (χ3n) is 2.51. The number of halogens is 1. The van der Waals surface area contributed by atoms with Crippen molar-refractivity contribution < 1.29 is 18.5 Å². The van der Waals surface area contributed by atoms with Crippen LogP contribution in [0.15, 0.2) is 34.9 Å². The highest BCUT2D eigenvalue weighted by molar-refractivity contribution is 6.05. The van der Waals surface area contributed by atoms with Crippen LogP contribution in [0.5, 0.6) is 0 Å². The first-order chi connectivity index (χ1) is 8.99. The molecule has 0 unspecified atom stereocenters. The Balaban J connectivity index is 2.28. The Kier molecular flexibility index (Phi) is 3.28. The van der Waals surface area contributed by atoms with Gasteiger partial charge in [0.05, 0.1) is 22.4 Å². The van der Waals surface area contributed by atoms with Crippen LogP contribution < -0.4 is 5.32 Å². The Morgan fingerprint density at radius 1 is 1.42 bits per heavy atom. The number of hydrogen-bond donors (Lipinski definition) is 1. The van der Waals surface area contributed by atoms with Gasteiger partial charge in [-0.15, -0.1) is 0 Å². The molecule has 0 atom stereocenters. The highest BCUT2D eigenvalue weighted by Crippen LogP contribution is 2.22. The number of nitro groups is 1. The van der Waals surface area contributed by atoms with Gasteiger partial charge >= 0.3 is 0 Å². The van der Waals surface area contributed by atoms with Crippen LogP contribution in [0.3, 0.4) is 0 Å². The van der Waals surface area contributed by atoms with Crippen molar-refractivity contribution in [2.24, 2.45) is 0 Å². The third kappa shape index (κ3) is 2.59. The summed E-state index contributed by atoms with van der Waals surface area (Å²) in [5.74, 6) is -0.964. The van der Waals surface area contributed by atoms with E-state index in [-0.39, 0.29) is 16.9 Å². The van der Waals surface area contributed by atoms with Gasteiger partial charge in [0, 0.05) is 12.1 Å². The van der Waals surface area contributed by atoms with E-state index in [1.165, 1.54) is 12.3 Å². The summed E-state index contributed by atoms with van der Waals surface area (Å²) in [5, 5.41) is 12.9. The Bertz CT molecular complexity index is 651. The molecule has 1 heterocycles. The average molecular weight is 264 g/mol. The maximum atomic E-state index is 13.5. The van der Waals surface area contributed by atoms with Gasteiger partial charge in [0.1, 0.15) is 11.6 Å². The van der Waals surface area contributed by atoms with Gasteiger partial charge < -0.3 is 9.73 Å². The number of nitro benzene ring substituents is 1. The van der Waals surface area contributed by atoms with Gasteiger partial charge in [0.25, 0.3) is 11.6 Å². The lowest BCUT2D eigenvalue weighted by Gasteiger charge is -2.05. The lowest BCUT2D eigenvalue weighted by atomic mass is 10.2. The van der Waals surface area contributed by atoms with Crippen LogP contribution in [0.4, 0.5) is 15.8 Å². The maximum Gasteiger partial charge on any atom is 0.271 e. The molecule has 6 nitrogen and oxygen atoms in total. The second kappa shape index (κ2) is 4.89. The molecule has 0 fully saturated rings. The standard InChI is InChI=1S/C12H9FN2O4/c1-7-9(4-5-19-7)12(16)14-11-6-8(15(17)18)2-3-10(11)13/h2-6H,1H3,(H,14,16). The molecule has 0 spiro atoms. The molecule has 98 valence electrons. The number of nitrogens with one attached hydrogen (secondary N) is 1. The minimum absolute atomic E-state index is 0.242. The molecule has 0 bridgehead atoms. The number of nitrogens with zero attached hydrogens (tertiary/aromatic N) is 1. The van der Waals surface area contributed by atoms with Gasteiger partial charge in [0.15, 0.2) is 0 Å². The SMILES string of the molecule is Cc1occc1C(=O)Nc1cc([N+](=O)[O-])ccc1F. The van der Waals surface area contributed by atoms with E-state index in [0.717, 1.165) is 18.2 Å². The maximum absolute atomic E-state index is 13.5. The summed E-state index contributed by atoms with van der Waals surface area (Å²) in [7, 11) is 0. The number of hydrogen-bond acceptors (Lipinski definition) is 4. The summed E-state index contributed by atoms with van der Waals surface area (Å²) in [6, 6.07) is 4.34. The molecule has 2 rings (SSSR count). The fourth-order valence-electron chi connectivity index (χ4n) is 1.53. The largest absolute Gasteiger partial charge is 0.469 e. The van der Waals surface area contributed by atoms with Crippen molar-refractivity contribution in [2.75, 3.05) is 5.32 Å². The van der Waals surface area contributed by atoms with Crippen LogP contribution in [0, 0.1) is 22.9 Å². The van der Waals surface area contributed by atoms with E-state index >= 15 is 0 Å². The Morgan fingerprint density at radius 2 is 2.16 bits per heavy atom. The molecule has 1 aromatic heterocycles. The molecular formula is C12H9FN2O4. The predicted octanol–water partition coefficient (Wildman–Crippen LogP) is 2.89. The van der Waals surface area contributed by atoms with Gasteiger partial charge in [-0.25, -0.2) is 4.39 Å². The molecule has 2 aromatic rings. The molecule has 7 heteroatoms. The number of amides is 1. The lowest BCUT2D eigenvalue weighted by Crippen LogP contribution is -2.13. The summed E-state index contributed by atoms with van der Waals surface area (Å²) in [4.78, 5) is 21.7. The van der Waals surface area contributed by atoms with Crippen LogP contribution in [0.25, 0.3) is 0 Å². The van der Waals surface area contributed by atoms with Gasteiger partial charge in [-0.3, -0.25) is 14.9 Å². The number of aryl methyl sites for hydroxylation is 1. The minimum Gasteiger partial charge on any atom is -0.469 e.